The highest BCUT2D eigenvalue weighted by Gasteiger charge is 2.21. The van der Waals surface area contributed by atoms with E-state index in [1.165, 1.54) is 6.20 Å². The van der Waals surface area contributed by atoms with Crippen molar-refractivity contribution >= 4 is 24.0 Å². The van der Waals surface area contributed by atoms with Crippen molar-refractivity contribution in [2.24, 2.45) is 0 Å². The number of hydrogen-bond acceptors (Lipinski definition) is 4. The molecule has 1 amide bonds. The average molecular weight is 285 g/mol. The molecule has 6 heteroatoms. The minimum atomic E-state index is -0.603. The second-order valence-electron chi connectivity index (χ2n) is 4.98. The molecule has 19 heavy (non-hydrogen) atoms. The van der Waals surface area contributed by atoms with Crippen molar-refractivity contribution in [1.29, 1.82) is 0 Å². The van der Waals surface area contributed by atoms with Gasteiger partial charge in [0.25, 0.3) is 0 Å². The Labute approximate surface area is 117 Å². The normalized spacial score (nSPS) is 12.6. The summed E-state index contributed by atoms with van der Waals surface area (Å²) in [6, 6.07) is 2.85. The zero-order valence-electron chi connectivity index (χ0n) is 11.1. The van der Waals surface area contributed by atoms with Gasteiger partial charge in [0, 0.05) is 18.2 Å². The van der Waals surface area contributed by atoms with E-state index >= 15 is 0 Å². The van der Waals surface area contributed by atoms with Crippen molar-refractivity contribution < 1.29 is 14.3 Å². The molecule has 0 unspecified atom stereocenters. The Hall–Kier alpha value is -1.62. The minimum Gasteiger partial charge on any atom is -0.444 e. The van der Waals surface area contributed by atoms with Gasteiger partial charge in [-0.15, -0.1) is 0 Å². The Bertz CT molecular complexity index is 457. The van der Waals surface area contributed by atoms with E-state index < -0.39 is 17.7 Å². The average Bonchev–Trinajstić information content (AvgIpc) is 2.26. The van der Waals surface area contributed by atoms with Crippen LogP contribution in [0.3, 0.4) is 0 Å². The first-order valence-corrected chi connectivity index (χ1v) is 6.25. The van der Waals surface area contributed by atoms with Gasteiger partial charge in [0.05, 0.1) is 6.04 Å². The third kappa shape index (κ3) is 5.26. The van der Waals surface area contributed by atoms with E-state index in [0.29, 0.717) is 11.8 Å². The molecule has 5 nitrogen and oxygen atoms in total. The van der Waals surface area contributed by atoms with Crippen molar-refractivity contribution in [2.75, 3.05) is 0 Å². The van der Waals surface area contributed by atoms with Gasteiger partial charge in [-0.2, -0.15) is 0 Å². The van der Waals surface area contributed by atoms with E-state index in [2.05, 4.69) is 10.3 Å². The van der Waals surface area contributed by atoms with E-state index in [-0.39, 0.29) is 11.6 Å². The van der Waals surface area contributed by atoms with Crippen LogP contribution < -0.4 is 5.32 Å². The van der Waals surface area contributed by atoms with Crippen LogP contribution in [0.4, 0.5) is 4.79 Å². The van der Waals surface area contributed by atoms with Crippen LogP contribution >= 0.6 is 11.6 Å². The maximum atomic E-state index is 11.7. The Kier molecular flexibility index (Phi) is 5.30. The molecule has 1 aromatic rings. The molecular weight excluding hydrogens is 268 g/mol. The number of rotatable bonds is 4. The largest absolute Gasteiger partial charge is 0.444 e. The van der Waals surface area contributed by atoms with Crippen LogP contribution in [0.1, 0.15) is 38.8 Å². The van der Waals surface area contributed by atoms with Gasteiger partial charge in [-0.1, -0.05) is 17.7 Å². The third-order valence-electron chi connectivity index (χ3n) is 2.19. The summed E-state index contributed by atoms with van der Waals surface area (Å²) in [6.45, 7) is 5.29. The van der Waals surface area contributed by atoms with Gasteiger partial charge in [0.2, 0.25) is 0 Å². The van der Waals surface area contributed by atoms with E-state index in [1.54, 1.807) is 32.9 Å². The van der Waals surface area contributed by atoms with Gasteiger partial charge >= 0.3 is 6.09 Å². The Morgan fingerprint density at radius 2 is 2.26 bits per heavy atom. The third-order valence-corrected chi connectivity index (χ3v) is 2.50. The van der Waals surface area contributed by atoms with E-state index in [9.17, 15) is 9.59 Å². The highest BCUT2D eigenvalue weighted by molar-refractivity contribution is 6.30. The van der Waals surface area contributed by atoms with Crippen LogP contribution in [-0.4, -0.2) is 23.0 Å². The fourth-order valence-electron chi connectivity index (χ4n) is 1.47. The van der Waals surface area contributed by atoms with E-state index in [4.69, 9.17) is 16.3 Å². The number of halogens is 1. The van der Waals surface area contributed by atoms with Crippen LogP contribution in [0, 0.1) is 0 Å². The second-order valence-corrected chi connectivity index (χ2v) is 5.34. The topological polar surface area (TPSA) is 68.3 Å². The first kappa shape index (κ1) is 15.4. The smallest absolute Gasteiger partial charge is 0.408 e. The van der Waals surface area contributed by atoms with Crippen LogP contribution in [0.25, 0.3) is 0 Å². The van der Waals surface area contributed by atoms with Crippen molar-refractivity contribution in [3.05, 3.63) is 29.0 Å². The Balaban J connectivity index is 2.82. The maximum absolute atomic E-state index is 11.7. The van der Waals surface area contributed by atoms with Gasteiger partial charge in [0.1, 0.15) is 17.0 Å². The lowest BCUT2D eigenvalue weighted by atomic mass is 10.1. The summed E-state index contributed by atoms with van der Waals surface area (Å²) in [5, 5.41) is 2.87. The first-order chi connectivity index (χ1) is 8.83. The lowest BCUT2D eigenvalue weighted by Crippen LogP contribution is -2.35. The molecule has 0 aliphatic carbocycles. The lowest BCUT2D eigenvalue weighted by molar-refractivity contribution is -0.108. The number of carbonyl (C=O) groups is 2. The molecule has 0 saturated carbocycles. The van der Waals surface area contributed by atoms with E-state index in [1.807, 2.05) is 0 Å². The minimum absolute atomic E-state index is 0.102. The monoisotopic (exact) mass is 284 g/mol. The predicted octanol–water partition coefficient (Wildman–Crippen LogP) is 2.89. The number of nitrogens with one attached hydrogen (secondary N) is 1. The van der Waals surface area contributed by atoms with Crippen LogP contribution in [0.5, 0.6) is 0 Å². The summed E-state index contributed by atoms with van der Waals surface area (Å²) in [6.07, 6.45) is 1.76. The molecular formula is C13H17ClN2O3. The zero-order valence-corrected chi connectivity index (χ0v) is 11.9. The molecule has 0 fully saturated rings. The van der Waals surface area contributed by atoms with Gasteiger partial charge in [-0.3, -0.25) is 0 Å². The van der Waals surface area contributed by atoms with Gasteiger partial charge in [-0.25, -0.2) is 9.78 Å². The maximum Gasteiger partial charge on any atom is 0.408 e. The molecule has 0 bridgehead atoms. The number of hydrogen-bond donors (Lipinski definition) is 1. The molecule has 0 radical (unpaired) electrons. The van der Waals surface area contributed by atoms with Gasteiger partial charge < -0.3 is 14.8 Å². The standard InChI is InChI=1S/C13H17ClN2O3/c1-13(2,3)19-12(18)16-10(6-8-17)9-5-4-7-15-11(9)14/h4-5,7-8,10H,6H2,1-3H3,(H,16,18)/t10-/m0/s1. The molecule has 0 spiro atoms. The summed E-state index contributed by atoms with van der Waals surface area (Å²) < 4.78 is 5.15. The molecule has 1 heterocycles. The fraction of sp³-hybridized carbons (Fsp3) is 0.462. The number of carbonyl (C=O) groups excluding carboxylic acids is 2. The Morgan fingerprint density at radius 1 is 1.58 bits per heavy atom. The lowest BCUT2D eigenvalue weighted by Gasteiger charge is -2.23. The number of amides is 1. The molecule has 0 aliphatic heterocycles. The first-order valence-electron chi connectivity index (χ1n) is 5.87. The van der Waals surface area contributed by atoms with Crippen LogP contribution in [0.2, 0.25) is 5.15 Å². The predicted molar refractivity (Wildman–Crippen MR) is 72.0 cm³/mol. The fourth-order valence-corrected chi connectivity index (χ4v) is 1.72. The molecule has 1 rings (SSSR count). The summed E-state index contributed by atoms with van der Waals surface area (Å²) >= 11 is 5.95. The van der Waals surface area contributed by atoms with Crippen molar-refractivity contribution in [3.63, 3.8) is 0 Å². The molecule has 1 atom stereocenters. The molecule has 1 aromatic heterocycles. The van der Waals surface area contributed by atoms with Crippen molar-refractivity contribution in [2.45, 2.75) is 38.8 Å². The number of alkyl carbamates (subject to hydrolysis) is 1. The molecule has 0 saturated heterocycles. The van der Waals surface area contributed by atoms with Crippen LogP contribution in [-0.2, 0) is 9.53 Å². The number of pyridine rings is 1. The molecule has 0 aromatic carbocycles. The highest BCUT2D eigenvalue weighted by Crippen LogP contribution is 2.23. The summed E-state index contributed by atoms with van der Waals surface area (Å²) in [7, 11) is 0. The summed E-state index contributed by atoms with van der Waals surface area (Å²) in [5.74, 6) is 0. The zero-order chi connectivity index (χ0) is 14.5. The van der Waals surface area contributed by atoms with Gasteiger partial charge in [-0.05, 0) is 26.8 Å². The quantitative estimate of drug-likeness (QED) is 0.682. The van der Waals surface area contributed by atoms with Crippen LogP contribution in [0.15, 0.2) is 18.3 Å². The summed E-state index contributed by atoms with van der Waals surface area (Å²) in [4.78, 5) is 26.3. The number of aromatic nitrogens is 1. The SMILES string of the molecule is CC(C)(C)OC(=O)N[C@@H](CC=O)c1cccnc1Cl. The number of ether oxygens (including phenoxy) is 1. The van der Waals surface area contributed by atoms with Crippen molar-refractivity contribution in [3.8, 4) is 0 Å². The number of aldehydes is 1. The second kappa shape index (κ2) is 6.52. The molecule has 0 aliphatic rings. The van der Waals surface area contributed by atoms with Crippen molar-refractivity contribution in [1.82, 2.24) is 10.3 Å². The van der Waals surface area contributed by atoms with E-state index in [0.717, 1.165) is 0 Å². The highest BCUT2D eigenvalue weighted by atomic mass is 35.5. The molecule has 1 N–H and O–H groups in total. The number of nitrogens with zero attached hydrogens (tertiary/aromatic N) is 1. The Morgan fingerprint density at radius 3 is 2.79 bits per heavy atom. The summed E-state index contributed by atoms with van der Waals surface area (Å²) in [5.41, 5.74) is -0.0173. The molecule has 104 valence electrons. The van der Waals surface area contributed by atoms with Gasteiger partial charge in [0.15, 0.2) is 0 Å².